The molecule has 0 spiro atoms. The van der Waals surface area contributed by atoms with Gasteiger partial charge in [-0.05, 0) is 142 Å². The second kappa shape index (κ2) is 13.9. The van der Waals surface area contributed by atoms with Gasteiger partial charge in [0.25, 0.3) is 20.1 Å². The molecule has 6 aliphatic rings. The van der Waals surface area contributed by atoms with Crippen molar-refractivity contribution in [1.29, 1.82) is 0 Å². The molecule has 0 saturated heterocycles. The van der Waals surface area contributed by atoms with E-state index in [2.05, 4.69) is 254 Å². The molecule has 0 saturated carbocycles. The Morgan fingerprint density at radius 1 is 0.312 bits per heavy atom. The molecule has 0 atom stereocenters. The van der Waals surface area contributed by atoms with E-state index < -0.39 is 0 Å². The number of benzene rings is 9. The highest BCUT2D eigenvalue weighted by Gasteiger charge is 2.55. The summed E-state index contributed by atoms with van der Waals surface area (Å²) < 4.78 is 5.30. The van der Waals surface area contributed by atoms with Gasteiger partial charge in [0.15, 0.2) is 0 Å². The normalized spacial score (nSPS) is 15.1. The fourth-order valence-electron chi connectivity index (χ4n) is 15.9. The molecule has 0 aliphatic carbocycles. The summed E-state index contributed by atoms with van der Waals surface area (Å²) in [7, 11) is 0. The van der Waals surface area contributed by atoms with Gasteiger partial charge in [-0.2, -0.15) is 0 Å². The highest BCUT2D eigenvalue weighted by molar-refractivity contribution is 7.07. The highest BCUT2D eigenvalue weighted by atomic mass is 15.2. The molecule has 17 rings (SSSR count). The number of hydrogen-bond acceptors (Lipinski definition) is 2. The monoisotopic (exact) mass is 991 g/mol. The molecule has 0 unspecified atom stereocenters. The van der Waals surface area contributed by atoms with Crippen LogP contribution in [-0.4, -0.2) is 29.3 Å². The van der Waals surface area contributed by atoms with Crippen LogP contribution in [0.3, 0.4) is 0 Å². The van der Waals surface area contributed by atoms with Crippen LogP contribution in [-0.2, 0) is 21.7 Å². The number of aromatic nitrogens is 2. The molecule has 7 heteroatoms. The molecule has 0 radical (unpaired) electrons. The zero-order chi connectivity index (χ0) is 52.5. The molecule has 0 amide bonds. The average Bonchev–Trinajstić information content (AvgIpc) is 4.17. The molecule has 0 bridgehead atoms. The zero-order valence-electron chi connectivity index (χ0n) is 46.5. The summed E-state index contributed by atoms with van der Waals surface area (Å²) in [5.41, 5.74) is 33.6. The van der Waals surface area contributed by atoms with Crippen LogP contribution in [0.5, 0.6) is 0 Å². The lowest BCUT2D eigenvalue weighted by atomic mass is 9.26. The van der Waals surface area contributed by atoms with Gasteiger partial charge in [-0.3, -0.25) is 0 Å². The molecule has 4 nitrogen and oxygen atoms in total. The van der Waals surface area contributed by atoms with Crippen LogP contribution in [0, 0.1) is 0 Å². The summed E-state index contributed by atoms with van der Waals surface area (Å²) in [6.45, 7) is 28.8. The Hall–Kier alpha value is -7.63. The quantitative estimate of drug-likeness (QED) is 0.141. The van der Waals surface area contributed by atoms with Gasteiger partial charge in [0.1, 0.15) is 0 Å². The van der Waals surface area contributed by atoms with Gasteiger partial charge in [-0.25, -0.2) is 0 Å². The van der Waals surface area contributed by atoms with Crippen molar-refractivity contribution in [2.24, 2.45) is 0 Å². The molecular weight excluding hydrogens is 929 g/mol. The largest absolute Gasteiger partial charge is 0.312 e. The van der Waals surface area contributed by atoms with Crippen molar-refractivity contribution in [1.82, 2.24) is 9.13 Å². The van der Waals surface area contributed by atoms with Gasteiger partial charge < -0.3 is 18.9 Å². The lowest BCUT2D eigenvalue weighted by molar-refractivity contribution is 0.590. The van der Waals surface area contributed by atoms with Gasteiger partial charge in [0, 0.05) is 67.0 Å². The number of rotatable bonds is 0. The third-order valence-corrected chi connectivity index (χ3v) is 19.2. The van der Waals surface area contributed by atoms with E-state index in [1.165, 1.54) is 161 Å². The molecule has 8 heterocycles. The van der Waals surface area contributed by atoms with Gasteiger partial charge >= 0.3 is 0 Å². The second-order valence-electron chi connectivity index (χ2n) is 27.7. The first-order chi connectivity index (χ1) is 36.8. The molecular formula is C70H61B3N4. The van der Waals surface area contributed by atoms with E-state index in [1.54, 1.807) is 0 Å². The maximum Gasteiger partial charge on any atom is 0.252 e. The average molecular weight is 991 g/mol. The zero-order valence-corrected chi connectivity index (χ0v) is 46.5. The summed E-state index contributed by atoms with van der Waals surface area (Å²) in [4.78, 5) is 5.61. The molecule has 11 aromatic rings. The number of hydrogen-bond donors (Lipinski definition) is 0. The van der Waals surface area contributed by atoms with Gasteiger partial charge in [-0.15, -0.1) is 0 Å². The van der Waals surface area contributed by atoms with Gasteiger partial charge in [0.2, 0.25) is 0 Å². The smallest absolute Gasteiger partial charge is 0.252 e. The van der Waals surface area contributed by atoms with E-state index in [0.29, 0.717) is 0 Å². The number of fused-ring (bicyclic) bond motifs is 22. The SMILES string of the molecule is CC(C)(C)c1ccc2c(c1)N1c3cc(C(C)(C)C)c4c5ccccc5n5c4c3B(c3ccccc3-5)c3cc4c5c(c31)B2c1ccc(C(C)(C)C)cc1N5c1cc(C(C)(C)C)c2c3ccccc3n3c2c1B4c1ccccc1-3. The van der Waals surface area contributed by atoms with Crippen LogP contribution in [0.25, 0.3) is 55.0 Å². The summed E-state index contributed by atoms with van der Waals surface area (Å²) in [5, 5.41) is 5.44. The molecule has 0 fully saturated rings. The Morgan fingerprint density at radius 3 is 1.10 bits per heavy atom. The molecule has 6 aliphatic heterocycles. The fourth-order valence-corrected chi connectivity index (χ4v) is 15.9. The minimum Gasteiger partial charge on any atom is -0.312 e. The molecule has 77 heavy (non-hydrogen) atoms. The maximum absolute atomic E-state index is 2.81. The van der Waals surface area contributed by atoms with E-state index >= 15 is 0 Å². The summed E-state index contributed by atoms with van der Waals surface area (Å²) in [6, 6.07) is 60.6. The summed E-state index contributed by atoms with van der Waals surface area (Å²) >= 11 is 0. The Morgan fingerprint density at radius 2 is 0.688 bits per heavy atom. The molecule has 370 valence electrons. The minimum atomic E-state index is -0.146. The van der Waals surface area contributed by atoms with Crippen LogP contribution >= 0.6 is 0 Å². The standard InChI is InChI=1S/C70H61B3N4/c1-67(2,3)38-29-31-46-54(33-38)76-56-35-42(69(7,8)9)58-40-21-13-17-25-50(40)74-52-27-19-15-23-44(52)72(60(56)65(58)74)48-37-49-64-62(63(48)76)71(46)47-32-30-39(68(4,5)6)34-55(47)77(64)57-36-43(70(10,11)12)59-41-22-14-18-26-51(41)75-53-28-20-16-24-45(53)73(49)61(57)66(59)75/h13-37H,1-12H3. The van der Waals surface area contributed by atoms with E-state index in [-0.39, 0.29) is 41.8 Å². The van der Waals surface area contributed by atoms with Crippen molar-refractivity contribution in [3.63, 3.8) is 0 Å². The van der Waals surface area contributed by atoms with Crippen molar-refractivity contribution in [2.45, 2.75) is 105 Å². The molecule has 0 N–H and O–H groups in total. The second-order valence-corrected chi connectivity index (χ2v) is 27.7. The minimum absolute atomic E-state index is 0.00506. The Bertz CT molecular complexity index is 4310. The van der Waals surface area contributed by atoms with Crippen molar-refractivity contribution in [3.05, 3.63) is 174 Å². The Labute approximate surface area is 453 Å². The maximum atomic E-state index is 2.81. The predicted octanol–water partition coefficient (Wildman–Crippen LogP) is 11.4. The van der Waals surface area contributed by atoms with E-state index in [9.17, 15) is 0 Å². The Kier molecular flexibility index (Phi) is 8.04. The van der Waals surface area contributed by atoms with E-state index in [1.807, 2.05) is 0 Å². The first-order valence-corrected chi connectivity index (χ1v) is 28.3. The number of nitrogens with zero attached hydrogens (tertiary/aromatic N) is 4. The molecule has 9 aromatic carbocycles. The van der Waals surface area contributed by atoms with E-state index in [4.69, 9.17) is 0 Å². The van der Waals surface area contributed by atoms with Crippen molar-refractivity contribution >= 4 is 147 Å². The van der Waals surface area contributed by atoms with Crippen LogP contribution in [0.15, 0.2) is 152 Å². The fraction of sp³-hybridized carbons (Fsp3) is 0.229. The van der Waals surface area contributed by atoms with Crippen molar-refractivity contribution in [3.8, 4) is 11.4 Å². The predicted molar refractivity (Wildman–Crippen MR) is 333 cm³/mol. The topological polar surface area (TPSA) is 16.3 Å². The third kappa shape index (κ3) is 5.30. The van der Waals surface area contributed by atoms with Crippen LogP contribution in [0.2, 0.25) is 0 Å². The molecule has 2 aromatic heterocycles. The highest BCUT2D eigenvalue weighted by Crippen LogP contribution is 2.52. The first kappa shape index (κ1) is 44.5. The van der Waals surface area contributed by atoms with Gasteiger partial charge in [0.05, 0.1) is 22.1 Å². The van der Waals surface area contributed by atoms with Crippen molar-refractivity contribution < 1.29 is 0 Å². The lowest BCUT2D eigenvalue weighted by Crippen LogP contribution is -2.72. The van der Waals surface area contributed by atoms with Crippen LogP contribution in [0.1, 0.15) is 105 Å². The van der Waals surface area contributed by atoms with E-state index in [0.717, 1.165) is 0 Å². The third-order valence-electron chi connectivity index (χ3n) is 19.2. The van der Waals surface area contributed by atoms with Crippen LogP contribution < -0.4 is 59.0 Å². The van der Waals surface area contributed by atoms with Gasteiger partial charge in [-0.1, -0.05) is 186 Å². The lowest BCUT2D eigenvalue weighted by Gasteiger charge is -2.52. The number of anilines is 6. The van der Waals surface area contributed by atoms with Crippen molar-refractivity contribution in [2.75, 3.05) is 9.80 Å². The first-order valence-electron chi connectivity index (χ1n) is 28.3. The summed E-state index contributed by atoms with van der Waals surface area (Å²) in [6.07, 6.45) is 0. The van der Waals surface area contributed by atoms with Crippen LogP contribution in [0.4, 0.5) is 34.1 Å². The Balaban J connectivity index is 1.11. The number of para-hydroxylation sites is 4. The summed E-state index contributed by atoms with van der Waals surface area (Å²) in [5.74, 6) is 0.